The van der Waals surface area contributed by atoms with Crippen molar-refractivity contribution < 1.29 is 23.1 Å². The molecule has 2 aliphatic heterocycles. The predicted molar refractivity (Wildman–Crippen MR) is 70.2 cm³/mol. The number of piperazine rings is 1. The minimum absolute atomic E-state index is 0.0971. The number of nitrogens with zero attached hydrogens (tertiary/aromatic N) is 2. The lowest BCUT2D eigenvalue weighted by Crippen LogP contribution is -2.57. The first-order valence-electron chi connectivity index (χ1n) is 6.72. The van der Waals surface area contributed by atoms with Crippen LogP contribution in [0.4, 0.5) is 14.5 Å². The van der Waals surface area contributed by atoms with Crippen LogP contribution in [0.2, 0.25) is 0 Å². The summed E-state index contributed by atoms with van der Waals surface area (Å²) >= 11 is 0. The monoisotopic (exact) mass is 296 g/mol. The van der Waals surface area contributed by atoms with E-state index in [1.165, 1.54) is 17.0 Å². The van der Waals surface area contributed by atoms with Crippen LogP contribution in [0.15, 0.2) is 24.3 Å². The smallest absolute Gasteiger partial charge is 0.387 e. The molecular formula is C14H14F2N2O3. The zero-order valence-electron chi connectivity index (χ0n) is 11.2. The molecule has 0 aliphatic carbocycles. The highest BCUT2D eigenvalue weighted by Gasteiger charge is 2.43. The fourth-order valence-corrected chi connectivity index (χ4v) is 2.89. The second-order valence-corrected chi connectivity index (χ2v) is 5.02. The molecule has 1 atom stereocenters. The number of rotatable bonds is 3. The largest absolute Gasteiger partial charge is 0.433 e. The number of alkyl halides is 2. The van der Waals surface area contributed by atoms with Crippen molar-refractivity contribution in [3.63, 3.8) is 0 Å². The first-order chi connectivity index (χ1) is 10.1. The van der Waals surface area contributed by atoms with Crippen molar-refractivity contribution in [3.8, 4) is 5.75 Å². The van der Waals surface area contributed by atoms with E-state index in [2.05, 4.69) is 4.74 Å². The Labute approximate surface area is 120 Å². The van der Waals surface area contributed by atoms with Gasteiger partial charge in [-0.2, -0.15) is 8.78 Å². The van der Waals surface area contributed by atoms with Gasteiger partial charge in [0.15, 0.2) is 0 Å². The molecule has 0 bridgehead atoms. The highest BCUT2D eigenvalue weighted by Crippen LogP contribution is 2.33. The average molecular weight is 296 g/mol. The van der Waals surface area contributed by atoms with Crippen molar-refractivity contribution in [2.45, 2.75) is 25.5 Å². The van der Waals surface area contributed by atoms with E-state index in [4.69, 9.17) is 0 Å². The van der Waals surface area contributed by atoms with E-state index >= 15 is 0 Å². The number of fused-ring (bicyclic) bond motifs is 1. The van der Waals surface area contributed by atoms with E-state index in [-0.39, 0.29) is 29.8 Å². The molecule has 5 nitrogen and oxygen atoms in total. The van der Waals surface area contributed by atoms with Gasteiger partial charge in [-0.3, -0.25) is 14.5 Å². The number of halogens is 2. The standard InChI is InChI=1S/C14H14F2N2O3/c15-14(16)21-11-6-2-1-4-9(11)18-8-12(19)17-7-3-5-10(17)13(18)20/h1-2,4,6,10,14H,3,5,7-8H2. The van der Waals surface area contributed by atoms with Crippen LogP contribution in [-0.2, 0) is 9.59 Å². The molecule has 7 heteroatoms. The second-order valence-electron chi connectivity index (χ2n) is 5.02. The fraction of sp³-hybridized carbons (Fsp3) is 0.429. The van der Waals surface area contributed by atoms with Crippen molar-refractivity contribution >= 4 is 17.5 Å². The van der Waals surface area contributed by atoms with Crippen molar-refractivity contribution in [2.75, 3.05) is 18.0 Å². The van der Waals surface area contributed by atoms with Gasteiger partial charge in [-0.05, 0) is 25.0 Å². The molecule has 0 radical (unpaired) electrons. The Kier molecular flexibility index (Phi) is 3.48. The molecule has 2 fully saturated rings. The highest BCUT2D eigenvalue weighted by atomic mass is 19.3. The fourth-order valence-electron chi connectivity index (χ4n) is 2.89. The molecule has 0 N–H and O–H groups in total. The second kappa shape index (κ2) is 5.31. The summed E-state index contributed by atoms with van der Waals surface area (Å²) in [5, 5.41) is 0. The van der Waals surface area contributed by atoms with Gasteiger partial charge in [0.25, 0.3) is 0 Å². The SMILES string of the molecule is O=C1C2CCCN2C(=O)CN1c1ccccc1OC(F)F. The number of carbonyl (C=O) groups is 2. The summed E-state index contributed by atoms with van der Waals surface area (Å²) < 4.78 is 29.4. The summed E-state index contributed by atoms with van der Waals surface area (Å²) in [4.78, 5) is 27.4. The number of anilines is 1. The zero-order chi connectivity index (χ0) is 15.0. The van der Waals surface area contributed by atoms with E-state index < -0.39 is 12.7 Å². The van der Waals surface area contributed by atoms with Crippen LogP contribution >= 0.6 is 0 Å². The molecule has 21 heavy (non-hydrogen) atoms. The Morgan fingerprint density at radius 3 is 2.76 bits per heavy atom. The summed E-state index contributed by atoms with van der Waals surface area (Å²) in [6.07, 6.45) is 1.39. The van der Waals surface area contributed by atoms with Gasteiger partial charge in [0.05, 0.1) is 5.69 Å². The van der Waals surface area contributed by atoms with Crippen molar-refractivity contribution in [1.82, 2.24) is 4.90 Å². The Hall–Kier alpha value is -2.18. The van der Waals surface area contributed by atoms with Crippen LogP contribution in [0.1, 0.15) is 12.8 Å². The maximum absolute atomic E-state index is 12.5. The van der Waals surface area contributed by atoms with Gasteiger partial charge >= 0.3 is 6.61 Å². The number of amides is 2. The Balaban J connectivity index is 1.93. The molecule has 2 saturated heterocycles. The van der Waals surface area contributed by atoms with Crippen molar-refractivity contribution in [2.24, 2.45) is 0 Å². The normalized spacial score (nSPS) is 22.0. The molecule has 0 saturated carbocycles. The Morgan fingerprint density at radius 1 is 1.24 bits per heavy atom. The summed E-state index contributed by atoms with van der Waals surface area (Å²) in [5.41, 5.74) is 0.211. The van der Waals surface area contributed by atoms with Crippen LogP contribution < -0.4 is 9.64 Å². The van der Waals surface area contributed by atoms with Gasteiger partial charge in [-0.1, -0.05) is 12.1 Å². The first kappa shape index (κ1) is 13.8. The number of para-hydroxylation sites is 2. The maximum Gasteiger partial charge on any atom is 0.387 e. The number of benzene rings is 1. The van der Waals surface area contributed by atoms with E-state index in [0.717, 1.165) is 6.42 Å². The molecule has 2 aliphatic rings. The van der Waals surface area contributed by atoms with Crippen LogP contribution in [0, 0.1) is 0 Å². The summed E-state index contributed by atoms with van der Waals surface area (Å²) in [5.74, 6) is -0.499. The van der Waals surface area contributed by atoms with E-state index in [0.29, 0.717) is 13.0 Å². The minimum Gasteiger partial charge on any atom is -0.433 e. The molecule has 1 aromatic rings. The van der Waals surface area contributed by atoms with Gasteiger partial charge < -0.3 is 9.64 Å². The lowest BCUT2D eigenvalue weighted by molar-refractivity contribution is -0.140. The molecule has 2 heterocycles. The molecule has 1 unspecified atom stereocenters. The Morgan fingerprint density at radius 2 is 2.00 bits per heavy atom. The quantitative estimate of drug-likeness (QED) is 0.852. The third-order valence-electron chi connectivity index (χ3n) is 3.79. The Bertz CT molecular complexity index is 579. The van der Waals surface area contributed by atoms with Crippen LogP contribution in [-0.4, -0.2) is 42.5 Å². The molecule has 112 valence electrons. The van der Waals surface area contributed by atoms with Crippen LogP contribution in [0.5, 0.6) is 5.75 Å². The first-order valence-corrected chi connectivity index (χ1v) is 6.72. The summed E-state index contributed by atoms with van der Waals surface area (Å²) in [7, 11) is 0. The van der Waals surface area contributed by atoms with Gasteiger partial charge in [-0.25, -0.2) is 0 Å². The van der Waals surface area contributed by atoms with Crippen LogP contribution in [0.25, 0.3) is 0 Å². The van der Waals surface area contributed by atoms with Crippen LogP contribution in [0.3, 0.4) is 0 Å². The minimum atomic E-state index is -2.98. The topological polar surface area (TPSA) is 49.9 Å². The lowest BCUT2D eigenvalue weighted by atomic mass is 10.1. The lowest BCUT2D eigenvalue weighted by Gasteiger charge is -2.36. The predicted octanol–water partition coefficient (Wildman–Crippen LogP) is 1.63. The number of hydrogen-bond donors (Lipinski definition) is 0. The van der Waals surface area contributed by atoms with Gasteiger partial charge in [0, 0.05) is 6.54 Å². The third kappa shape index (κ3) is 2.43. The van der Waals surface area contributed by atoms with E-state index in [1.54, 1.807) is 17.0 Å². The van der Waals surface area contributed by atoms with Crippen molar-refractivity contribution in [3.05, 3.63) is 24.3 Å². The number of carbonyl (C=O) groups excluding carboxylic acids is 2. The summed E-state index contributed by atoms with van der Waals surface area (Å²) in [6, 6.07) is 5.55. The molecule has 0 aromatic heterocycles. The molecular weight excluding hydrogens is 282 g/mol. The third-order valence-corrected chi connectivity index (χ3v) is 3.79. The maximum atomic E-state index is 12.5. The summed E-state index contributed by atoms with van der Waals surface area (Å²) in [6.45, 7) is -2.54. The molecule has 0 spiro atoms. The number of hydrogen-bond acceptors (Lipinski definition) is 3. The number of ether oxygens (including phenoxy) is 1. The zero-order valence-corrected chi connectivity index (χ0v) is 11.2. The van der Waals surface area contributed by atoms with Gasteiger partial charge in [0.1, 0.15) is 18.3 Å². The molecule has 2 amide bonds. The molecule has 1 aromatic carbocycles. The average Bonchev–Trinajstić information content (AvgIpc) is 2.93. The van der Waals surface area contributed by atoms with E-state index in [1.807, 2.05) is 0 Å². The highest BCUT2D eigenvalue weighted by molar-refractivity contribution is 6.07. The van der Waals surface area contributed by atoms with Crippen molar-refractivity contribution in [1.29, 1.82) is 0 Å². The van der Waals surface area contributed by atoms with E-state index in [9.17, 15) is 18.4 Å². The molecule has 3 rings (SSSR count). The van der Waals surface area contributed by atoms with Gasteiger partial charge in [-0.15, -0.1) is 0 Å². The van der Waals surface area contributed by atoms with Gasteiger partial charge in [0.2, 0.25) is 11.8 Å².